The lowest BCUT2D eigenvalue weighted by Crippen LogP contribution is -2.37. The van der Waals surface area contributed by atoms with Gasteiger partial charge in [-0.1, -0.05) is 30.3 Å². The molecular formula is C21H24F2N2O3. The lowest BCUT2D eigenvalue weighted by Gasteiger charge is -2.25. The van der Waals surface area contributed by atoms with Crippen LogP contribution in [0.2, 0.25) is 0 Å². The molecule has 1 unspecified atom stereocenters. The predicted octanol–water partition coefficient (Wildman–Crippen LogP) is 3.86. The Morgan fingerprint density at radius 3 is 2.46 bits per heavy atom. The van der Waals surface area contributed by atoms with Gasteiger partial charge in [0.25, 0.3) is 5.91 Å². The van der Waals surface area contributed by atoms with E-state index in [1.165, 1.54) is 25.3 Å². The fourth-order valence-corrected chi connectivity index (χ4v) is 3.39. The topological polar surface area (TPSA) is 50.8 Å². The molecule has 0 bridgehead atoms. The number of carbonyl (C=O) groups is 1. The smallest absolute Gasteiger partial charge is 0.387 e. The SMILES string of the molecule is COc1cc(C(=O)NC(CN2CCCC2)c2ccccc2)ccc1OC(F)F. The Hall–Kier alpha value is -2.67. The third-order valence-corrected chi connectivity index (χ3v) is 4.79. The highest BCUT2D eigenvalue weighted by Crippen LogP contribution is 2.29. The molecule has 0 aromatic heterocycles. The van der Waals surface area contributed by atoms with Crippen LogP contribution in [0.15, 0.2) is 48.5 Å². The van der Waals surface area contributed by atoms with Gasteiger partial charge in [-0.25, -0.2) is 0 Å². The Labute approximate surface area is 163 Å². The summed E-state index contributed by atoms with van der Waals surface area (Å²) in [6, 6.07) is 13.8. The summed E-state index contributed by atoms with van der Waals surface area (Å²) in [6.45, 7) is -0.199. The molecule has 0 aliphatic carbocycles. The Bertz CT molecular complexity index is 780. The van der Waals surface area contributed by atoms with Crippen molar-refractivity contribution in [2.24, 2.45) is 0 Å². The first-order valence-electron chi connectivity index (χ1n) is 9.28. The average molecular weight is 390 g/mol. The number of amides is 1. The van der Waals surface area contributed by atoms with Crippen LogP contribution in [-0.2, 0) is 0 Å². The van der Waals surface area contributed by atoms with E-state index in [2.05, 4.69) is 15.0 Å². The van der Waals surface area contributed by atoms with Gasteiger partial charge in [-0.05, 0) is 49.7 Å². The molecule has 0 radical (unpaired) electrons. The number of ether oxygens (including phenoxy) is 2. The molecule has 0 spiro atoms. The summed E-state index contributed by atoms with van der Waals surface area (Å²) in [4.78, 5) is 15.2. The Morgan fingerprint density at radius 2 is 1.82 bits per heavy atom. The van der Waals surface area contributed by atoms with Gasteiger partial charge < -0.3 is 19.7 Å². The van der Waals surface area contributed by atoms with Crippen molar-refractivity contribution in [2.75, 3.05) is 26.7 Å². The summed E-state index contributed by atoms with van der Waals surface area (Å²) in [5.41, 5.74) is 1.34. The molecule has 1 N–H and O–H groups in total. The number of methoxy groups -OCH3 is 1. The molecule has 3 rings (SSSR count). The molecule has 2 aromatic rings. The minimum Gasteiger partial charge on any atom is -0.493 e. The van der Waals surface area contributed by atoms with Crippen LogP contribution < -0.4 is 14.8 Å². The molecule has 28 heavy (non-hydrogen) atoms. The lowest BCUT2D eigenvalue weighted by molar-refractivity contribution is -0.0512. The normalized spacial score (nSPS) is 15.4. The number of alkyl halides is 2. The Kier molecular flexibility index (Phi) is 6.81. The summed E-state index contributed by atoms with van der Waals surface area (Å²) in [7, 11) is 1.34. The molecule has 1 amide bonds. The van der Waals surface area contributed by atoms with E-state index in [-0.39, 0.29) is 23.4 Å². The van der Waals surface area contributed by atoms with Gasteiger partial charge in [0, 0.05) is 12.1 Å². The minimum absolute atomic E-state index is 0.0868. The van der Waals surface area contributed by atoms with Crippen LogP contribution in [0.4, 0.5) is 8.78 Å². The Morgan fingerprint density at radius 1 is 1.11 bits per heavy atom. The van der Waals surface area contributed by atoms with Crippen LogP contribution in [0, 0.1) is 0 Å². The van der Waals surface area contributed by atoms with Gasteiger partial charge in [0.2, 0.25) is 0 Å². The van der Waals surface area contributed by atoms with Gasteiger partial charge in [0.05, 0.1) is 13.2 Å². The fraction of sp³-hybridized carbons (Fsp3) is 0.381. The quantitative estimate of drug-likeness (QED) is 0.744. The number of hydrogen-bond donors (Lipinski definition) is 1. The van der Waals surface area contributed by atoms with Gasteiger partial charge in [-0.3, -0.25) is 4.79 Å². The summed E-state index contributed by atoms with van der Waals surface area (Å²) >= 11 is 0. The number of nitrogens with one attached hydrogen (secondary N) is 1. The number of halogens is 2. The van der Waals surface area contributed by atoms with Gasteiger partial charge >= 0.3 is 6.61 Å². The highest BCUT2D eigenvalue weighted by atomic mass is 19.3. The summed E-state index contributed by atoms with van der Waals surface area (Å²) < 4.78 is 34.5. The molecule has 2 aromatic carbocycles. The largest absolute Gasteiger partial charge is 0.493 e. The highest BCUT2D eigenvalue weighted by molar-refractivity contribution is 5.95. The maximum atomic E-state index is 12.8. The van der Waals surface area contributed by atoms with Crippen LogP contribution in [0.3, 0.4) is 0 Å². The van der Waals surface area contributed by atoms with Gasteiger partial charge in [0.1, 0.15) is 0 Å². The van der Waals surface area contributed by atoms with E-state index in [1.807, 2.05) is 30.3 Å². The van der Waals surface area contributed by atoms with E-state index in [0.29, 0.717) is 5.56 Å². The van der Waals surface area contributed by atoms with E-state index in [9.17, 15) is 13.6 Å². The molecular weight excluding hydrogens is 366 g/mol. The third kappa shape index (κ3) is 5.19. The number of benzene rings is 2. The van der Waals surface area contributed by atoms with Crippen molar-refractivity contribution in [3.63, 3.8) is 0 Å². The van der Waals surface area contributed by atoms with Crippen molar-refractivity contribution in [3.8, 4) is 11.5 Å². The molecule has 1 saturated heterocycles. The molecule has 1 heterocycles. The minimum atomic E-state index is -2.96. The van der Waals surface area contributed by atoms with Crippen LogP contribution in [-0.4, -0.2) is 44.2 Å². The molecule has 0 saturated carbocycles. The standard InChI is InChI=1S/C21H24F2N2O3/c1-27-19-13-16(9-10-18(19)28-21(22)23)20(26)24-17(14-25-11-5-6-12-25)15-7-3-2-4-8-15/h2-4,7-10,13,17,21H,5-6,11-12,14H2,1H3,(H,24,26). The molecule has 1 atom stereocenters. The first-order valence-corrected chi connectivity index (χ1v) is 9.28. The van der Waals surface area contributed by atoms with Crippen LogP contribution >= 0.6 is 0 Å². The summed E-state index contributed by atoms with van der Waals surface area (Å²) in [6.07, 6.45) is 2.33. The second-order valence-corrected chi connectivity index (χ2v) is 6.69. The van der Waals surface area contributed by atoms with Crippen molar-refractivity contribution in [1.82, 2.24) is 10.2 Å². The maximum Gasteiger partial charge on any atom is 0.387 e. The zero-order valence-electron chi connectivity index (χ0n) is 15.7. The first kappa shape index (κ1) is 20.1. The van der Waals surface area contributed by atoms with Crippen LogP contribution in [0.25, 0.3) is 0 Å². The van der Waals surface area contributed by atoms with Crippen molar-refractivity contribution in [3.05, 3.63) is 59.7 Å². The van der Waals surface area contributed by atoms with E-state index in [1.54, 1.807) is 0 Å². The molecule has 7 heteroatoms. The molecule has 1 fully saturated rings. The second kappa shape index (κ2) is 9.50. The van der Waals surface area contributed by atoms with Gasteiger partial charge in [-0.15, -0.1) is 0 Å². The van der Waals surface area contributed by atoms with Gasteiger partial charge in [0.15, 0.2) is 11.5 Å². The van der Waals surface area contributed by atoms with Crippen molar-refractivity contribution >= 4 is 5.91 Å². The summed E-state index contributed by atoms with van der Waals surface area (Å²) in [5.74, 6) is -0.315. The maximum absolute atomic E-state index is 12.8. The monoisotopic (exact) mass is 390 g/mol. The zero-order chi connectivity index (χ0) is 19.9. The number of rotatable bonds is 8. The van der Waals surface area contributed by atoms with E-state index >= 15 is 0 Å². The van der Waals surface area contributed by atoms with Crippen molar-refractivity contribution in [2.45, 2.75) is 25.5 Å². The van der Waals surface area contributed by atoms with E-state index in [0.717, 1.165) is 38.0 Å². The predicted molar refractivity (Wildman–Crippen MR) is 102 cm³/mol. The molecule has 1 aliphatic heterocycles. The Balaban J connectivity index is 1.77. The highest BCUT2D eigenvalue weighted by Gasteiger charge is 2.22. The number of hydrogen-bond acceptors (Lipinski definition) is 4. The zero-order valence-corrected chi connectivity index (χ0v) is 15.7. The third-order valence-electron chi connectivity index (χ3n) is 4.79. The van der Waals surface area contributed by atoms with Crippen LogP contribution in [0.1, 0.15) is 34.8 Å². The van der Waals surface area contributed by atoms with Gasteiger partial charge in [-0.2, -0.15) is 8.78 Å². The number of nitrogens with zero attached hydrogens (tertiary/aromatic N) is 1. The van der Waals surface area contributed by atoms with Crippen LogP contribution in [0.5, 0.6) is 11.5 Å². The van der Waals surface area contributed by atoms with Crippen molar-refractivity contribution < 1.29 is 23.0 Å². The van der Waals surface area contributed by atoms with E-state index in [4.69, 9.17) is 4.74 Å². The first-order chi connectivity index (χ1) is 13.6. The number of likely N-dealkylation sites (tertiary alicyclic amines) is 1. The van der Waals surface area contributed by atoms with E-state index < -0.39 is 6.61 Å². The molecule has 1 aliphatic rings. The molecule has 150 valence electrons. The summed E-state index contributed by atoms with van der Waals surface area (Å²) in [5, 5.41) is 3.06. The average Bonchev–Trinajstić information content (AvgIpc) is 3.21. The lowest BCUT2D eigenvalue weighted by atomic mass is 10.1. The second-order valence-electron chi connectivity index (χ2n) is 6.69. The fourth-order valence-electron chi connectivity index (χ4n) is 3.39. The number of carbonyl (C=O) groups excluding carboxylic acids is 1. The molecule has 5 nitrogen and oxygen atoms in total. The van der Waals surface area contributed by atoms with Crippen molar-refractivity contribution in [1.29, 1.82) is 0 Å².